The van der Waals surface area contributed by atoms with Crippen LogP contribution in [0.5, 0.6) is 0 Å². The number of likely N-dealkylation sites (N-methyl/N-ethyl adjacent to an activating group) is 1. The zero-order valence-electron chi connectivity index (χ0n) is 10.1. The fourth-order valence-corrected chi connectivity index (χ4v) is 2.06. The second-order valence-electron chi connectivity index (χ2n) is 4.00. The van der Waals surface area contributed by atoms with Gasteiger partial charge in [-0.2, -0.15) is 0 Å². The molecule has 94 valence electrons. The Morgan fingerprint density at radius 2 is 2.00 bits per heavy atom. The highest BCUT2D eigenvalue weighted by Gasteiger charge is 2.08. The number of nitrogens with one attached hydrogen (secondary N) is 1. The topological polar surface area (TPSA) is 45.1 Å². The Labute approximate surface area is 111 Å². The number of rotatable bonds is 4. The minimum atomic E-state index is -0.0385. The number of hydrogen-bond donors (Lipinski definition) is 2. The molecule has 0 amide bonds. The van der Waals surface area contributed by atoms with E-state index in [1.54, 1.807) is 18.5 Å². The molecule has 2 aromatic rings. The maximum absolute atomic E-state index is 9.22. The Morgan fingerprint density at radius 3 is 2.56 bits per heavy atom. The van der Waals surface area contributed by atoms with E-state index in [0.29, 0.717) is 5.02 Å². The molecule has 0 saturated carbocycles. The first-order chi connectivity index (χ1) is 8.76. The summed E-state index contributed by atoms with van der Waals surface area (Å²) in [5, 5.41) is 13.0. The number of pyridine rings is 1. The summed E-state index contributed by atoms with van der Waals surface area (Å²) < 4.78 is 0. The van der Waals surface area contributed by atoms with Crippen molar-refractivity contribution < 1.29 is 5.11 Å². The van der Waals surface area contributed by atoms with Gasteiger partial charge in [0.15, 0.2) is 0 Å². The lowest BCUT2D eigenvalue weighted by Gasteiger charge is -2.14. The van der Waals surface area contributed by atoms with Crippen LogP contribution in [0.15, 0.2) is 42.7 Å². The maximum atomic E-state index is 9.22. The highest BCUT2D eigenvalue weighted by Crippen LogP contribution is 2.27. The Kier molecular flexibility index (Phi) is 4.31. The van der Waals surface area contributed by atoms with E-state index in [1.165, 1.54) is 0 Å². The van der Waals surface area contributed by atoms with Gasteiger partial charge in [-0.25, -0.2) is 0 Å². The highest BCUT2D eigenvalue weighted by atomic mass is 35.5. The molecule has 1 aromatic heterocycles. The molecule has 0 radical (unpaired) electrons. The van der Waals surface area contributed by atoms with E-state index in [-0.39, 0.29) is 12.6 Å². The molecule has 18 heavy (non-hydrogen) atoms. The molecule has 0 saturated heterocycles. The molecule has 2 N–H and O–H groups in total. The molecule has 1 heterocycles. The summed E-state index contributed by atoms with van der Waals surface area (Å²) in [4.78, 5) is 4.07. The fourth-order valence-electron chi connectivity index (χ4n) is 1.85. The van der Waals surface area contributed by atoms with Gasteiger partial charge in [-0.15, -0.1) is 0 Å². The molecular formula is C14H15ClN2O. The number of nitrogens with zero attached hydrogens (tertiary/aromatic N) is 1. The van der Waals surface area contributed by atoms with E-state index >= 15 is 0 Å². The highest BCUT2D eigenvalue weighted by molar-refractivity contribution is 6.33. The van der Waals surface area contributed by atoms with Crippen LogP contribution < -0.4 is 5.32 Å². The van der Waals surface area contributed by atoms with Gasteiger partial charge in [0, 0.05) is 18.0 Å². The third-order valence-corrected chi connectivity index (χ3v) is 3.25. The molecular weight excluding hydrogens is 248 g/mol. The molecule has 0 aliphatic carbocycles. The first-order valence-electron chi connectivity index (χ1n) is 5.74. The normalized spacial score (nSPS) is 12.4. The van der Waals surface area contributed by atoms with E-state index in [2.05, 4.69) is 10.3 Å². The number of aromatic nitrogens is 1. The standard InChI is InChI=1S/C14H15ClN2O/c1-16-14(9-18)11-4-2-10(3-5-11)12-8-17-7-6-13(12)15/h2-8,14,16,18H,9H2,1H3. The second kappa shape index (κ2) is 5.96. The first-order valence-corrected chi connectivity index (χ1v) is 6.12. The van der Waals surface area contributed by atoms with Crippen molar-refractivity contribution in [3.05, 3.63) is 53.3 Å². The Hall–Kier alpha value is -1.42. The zero-order chi connectivity index (χ0) is 13.0. The van der Waals surface area contributed by atoms with Crippen molar-refractivity contribution in [2.75, 3.05) is 13.7 Å². The van der Waals surface area contributed by atoms with Crippen LogP contribution in [0.25, 0.3) is 11.1 Å². The summed E-state index contributed by atoms with van der Waals surface area (Å²) in [5.74, 6) is 0. The van der Waals surface area contributed by atoms with E-state index in [0.717, 1.165) is 16.7 Å². The van der Waals surface area contributed by atoms with E-state index in [1.807, 2.05) is 31.3 Å². The van der Waals surface area contributed by atoms with Crippen LogP contribution in [0, 0.1) is 0 Å². The van der Waals surface area contributed by atoms with Gasteiger partial charge >= 0.3 is 0 Å². The second-order valence-corrected chi connectivity index (χ2v) is 4.41. The predicted molar refractivity (Wildman–Crippen MR) is 73.6 cm³/mol. The van der Waals surface area contributed by atoms with Crippen LogP contribution in [0.1, 0.15) is 11.6 Å². The van der Waals surface area contributed by atoms with Crippen molar-refractivity contribution >= 4 is 11.6 Å². The number of hydrogen-bond acceptors (Lipinski definition) is 3. The molecule has 2 rings (SSSR count). The van der Waals surface area contributed by atoms with Crippen molar-refractivity contribution in [1.82, 2.24) is 10.3 Å². The molecule has 1 atom stereocenters. The average Bonchev–Trinajstić information content (AvgIpc) is 2.42. The third-order valence-electron chi connectivity index (χ3n) is 2.92. The van der Waals surface area contributed by atoms with Gasteiger partial charge in [0.2, 0.25) is 0 Å². The van der Waals surface area contributed by atoms with E-state index in [9.17, 15) is 5.11 Å². The molecule has 1 unspecified atom stereocenters. The average molecular weight is 263 g/mol. The molecule has 1 aromatic carbocycles. The van der Waals surface area contributed by atoms with E-state index in [4.69, 9.17) is 11.6 Å². The van der Waals surface area contributed by atoms with Crippen LogP contribution in [-0.2, 0) is 0 Å². The molecule has 0 aliphatic heterocycles. The summed E-state index contributed by atoms with van der Waals surface area (Å²) >= 11 is 6.12. The first kappa shape index (κ1) is 13.0. The molecule has 3 nitrogen and oxygen atoms in total. The Balaban J connectivity index is 2.30. The largest absolute Gasteiger partial charge is 0.394 e. The number of aliphatic hydroxyl groups is 1. The molecule has 0 fully saturated rings. The minimum absolute atomic E-state index is 0.0385. The maximum Gasteiger partial charge on any atom is 0.0626 e. The molecule has 4 heteroatoms. The lowest BCUT2D eigenvalue weighted by atomic mass is 10.0. The monoisotopic (exact) mass is 262 g/mol. The number of benzene rings is 1. The van der Waals surface area contributed by atoms with Gasteiger partial charge < -0.3 is 10.4 Å². The molecule has 0 spiro atoms. The van der Waals surface area contributed by atoms with Crippen molar-refractivity contribution in [3.8, 4) is 11.1 Å². The van der Waals surface area contributed by atoms with Crippen LogP contribution in [0.4, 0.5) is 0 Å². The van der Waals surface area contributed by atoms with Gasteiger partial charge in [-0.05, 0) is 24.2 Å². The van der Waals surface area contributed by atoms with Gasteiger partial charge in [-0.1, -0.05) is 35.9 Å². The summed E-state index contributed by atoms with van der Waals surface area (Å²) in [6.07, 6.45) is 3.42. The molecule has 0 bridgehead atoms. The Bertz CT molecular complexity index is 509. The van der Waals surface area contributed by atoms with E-state index < -0.39 is 0 Å². The summed E-state index contributed by atoms with van der Waals surface area (Å²) in [5.41, 5.74) is 2.98. The Morgan fingerprint density at radius 1 is 1.28 bits per heavy atom. The molecule has 0 aliphatic rings. The number of halogens is 1. The quantitative estimate of drug-likeness (QED) is 0.890. The van der Waals surface area contributed by atoms with Crippen molar-refractivity contribution in [1.29, 1.82) is 0 Å². The van der Waals surface area contributed by atoms with Crippen LogP contribution in [0.2, 0.25) is 5.02 Å². The van der Waals surface area contributed by atoms with Gasteiger partial charge in [0.25, 0.3) is 0 Å². The summed E-state index contributed by atoms with van der Waals surface area (Å²) in [6, 6.07) is 9.67. The minimum Gasteiger partial charge on any atom is -0.394 e. The SMILES string of the molecule is CNC(CO)c1ccc(-c2cnccc2Cl)cc1. The van der Waals surface area contributed by atoms with Crippen LogP contribution in [0.3, 0.4) is 0 Å². The third kappa shape index (κ3) is 2.70. The zero-order valence-corrected chi connectivity index (χ0v) is 10.9. The van der Waals surface area contributed by atoms with Crippen molar-refractivity contribution in [3.63, 3.8) is 0 Å². The van der Waals surface area contributed by atoms with Gasteiger partial charge in [0.05, 0.1) is 17.7 Å². The lowest BCUT2D eigenvalue weighted by Crippen LogP contribution is -2.19. The van der Waals surface area contributed by atoms with Gasteiger partial charge in [0.1, 0.15) is 0 Å². The van der Waals surface area contributed by atoms with Crippen molar-refractivity contribution in [2.45, 2.75) is 6.04 Å². The lowest BCUT2D eigenvalue weighted by molar-refractivity contribution is 0.251. The summed E-state index contributed by atoms with van der Waals surface area (Å²) in [6.45, 7) is 0.0729. The van der Waals surface area contributed by atoms with Crippen molar-refractivity contribution in [2.24, 2.45) is 0 Å². The van der Waals surface area contributed by atoms with Gasteiger partial charge in [-0.3, -0.25) is 4.98 Å². The van der Waals surface area contributed by atoms with Crippen LogP contribution in [-0.4, -0.2) is 23.7 Å². The smallest absolute Gasteiger partial charge is 0.0626 e. The van der Waals surface area contributed by atoms with Crippen LogP contribution >= 0.6 is 11.6 Å². The fraction of sp³-hybridized carbons (Fsp3) is 0.214. The number of aliphatic hydroxyl groups excluding tert-OH is 1. The predicted octanol–water partition coefficient (Wildman–Crippen LogP) is 2.65. The summed E-state index contributed by atoms with van der Waals surface area (Å²) in [7, 11) is 1.83.